The molecule has 2 aliphatic heterocycles. The van der Waals surface area contributed by atoms with Crippen LogP contribution in [0.25, 0.3) is 0 Å². The number of anilines is 3. The third kappa shape index (κ3) is 4.79. The molecule has 7 nitrogen and oxygen atoms in total. The van der Waals surface area contributed by atoms with Gasteiger partial charge < -0.3 is 29.7 Å². The average Bonchev–Trinajstić information content (AvgIpc) is 3.21. The largest absolute Gasteiger partial charge is 0.454 e. The van der Waals surface area contributed by atoms with Crippen molar-refractivity contribution in [2.24, 2.45) is 0 Å². The minimum Gasteiger partial charge on any atom is -0.454 e. The first-order chi connectivity index (χ1) is 14.8. The second-order valence-corrected chi connectivity index (χ2v) is 7.25. The molecule has 0 radical (unpaired) electrons. The quantitative estimate of drug-likeness (QED) is 0.743. The molecule has 10 heteroatoms. The first-order valence-electron chi connectivity index (χ1n) is 9.82. The fourth-order valence-corrected chi connectivity index (χ4v) is 3.44. The topological polar surface area (TPSA) is 72.1 Å². The van der Waals surface area contributed by atoms with E-state index in [2.05, 4.69) is 10.6 Å². The van der Waals surface area contributed by atoms with Crippen LogP contribution in [0, 0.1) is 0 Å². The smallest absolute Gasteiger partial charge is 0.416 e. The Balaban J connectivity index is 1.52. The summed E-state index contributed by atoms with van der Waals surface area (Å²) in [7, 11) is 0. The van der Waals surface area contributed by atoms with E-state index in [1.165, 1.54) is 6.07 Å². The lowest BCUT2D eigenvalue weighted by Crippen LogP contribution is -2.37. The molecule has 1 saturated heterocycles. The van der Waals surface area contributed by atoms with Crippen LogP contribution in [-0.2, 0) is 15.7 Å². The second-order valence-electron chi connectivity index (χ2n) is 7.25. The van der Waals surface area contributed by atoms with Crippen LogP contribution in [0.3, 0.4) is 0 Å². The van der Waals surface area contributed by atoms with Gasteiger partial charge in [-0.3, -0.25) is 4.79 Å². The van der Waals surface area contributed by atoms with Crippen LogP contribution < -0.4 is 25.0 Å². The van der Waals surface area contributed by atoms with Crippen LogP contribution >= 0.6 is 0 Å². The Kier molecular flexibility index (Phi) is 5.81. The summed E-state index contributed by atoms with van der Waals surface area (Å²) >= 11 is 0. The van der Waals surface area contributed by atoms with Crippen LogP contribution in [0.2, 0.25) is 0 Å². The van der Waals surface area contributed by atoms with Gasteiger partial charge in [-0.05, 0) is 37.3 Å². The molecular weight excluding hydrogens is 415 g/mol. The molecule has 166 valence electrons. The normalized spacial score (nSPS) is 16.7. The van der Waals surface area contributed by atoms with Crippen molar-refractivity contribution in [1.82, 2.24) is 0 Å². The molecular formula is C21H22F3N3O4. The van der Waals surface area contributed by atoms with Gasteiger partial charge in [0, 0.05) is 24.8 Å². The lowest BCUT2D eigenvalue weighted by atomic mass is 10.1. The van der Waals surface area contributed by atoms with Crippen molar-refractivity contribution in [3.8, 4) is 11.5 Å². The Bertz CT molecular complexity index is 961. The van der Waals surface area contributed by atoms with Gasteiger partial charge >= 0.3 is 6.18 Å². The van der Waals surface area contributed by atoms with E-state index in [1.807, 2.05) is 4.90 Å². The van der Waals surface area contributed by atoms with E-state index >= 15 is 0 Å². The molecule has 1 fully saturated rings. The van der Waals surface area contributed by atoms with Crippen molar-refractivity contribution < 1.29 is 32.2 Å². The minimum atomic E-state index is -4.51. The molecule has 2 aromatic carbocycles. The van der Waals surface area contributed by atoms with Gasteiger partial charge in [0.05, 0.1) is 30.2 Å². The molecule has 0 aromatic heterocycles. The molecule has 4 rings (SSSR count). The van der Waals surface area contributed by atoms with Crippen LogP contribution in [0.5, 0.6) is 11.5 Å². The summed E-state index contributed by atoms with van der Waals surface area (Å²) < 4.78 is 55.7. The van der Waals surface area contributed by atoms with Crippen molar-refractivity contribution in [3.05, 3.63) is 42.0 Å². The molecule has 1 atom stereocenters. The Labute approximate surface area is 177 Å². The van der Waals surface area contributed by atoms with Crippen molar-refractivity contribution in [1.29, 1.82) is 0 Å². The van der Waals surface area contributed by atoms with Gasteiger partial charge in [0.2, 0.25) is 12.7 Å². The number of nitrogens with zero attached hydrogens (tertiary/aromatic N) is 1. The summed E-state index contributed by atoms with van der Waals surface area (Å²) in [4.78, 5) is 14.7. The molecule has 2 heterocycles. The Morgan fingerprint density at radius 3 is 2.55 bits per heavy atom. The van der Waals surface area contributed by atoms with E-state index < -0.39 is 23.7 Å². The Morgan fingerprint density at radius 1 is 1.06 bits per heavy atom. The number of alkyl halides is 3. The van der Waals surface area contributed by atoms with Crippen LogP contribution in [0.4, 0.5) is 30.2 Å². The van der Waals surface area contributed by atoms with Crippen molar-refractivity contribution in [2.45, 2.75) is 19.1 Å². The van der Waals surface area contributed by atoms with Gasteiger partial charge in [-0.25, -0.2) is 0 Å². The molecule has 0 aliphatic carbocycles. The van der Waals surface area contributed by atoms with Gasteiger partial charge in [-0.2, -0.15) is 13.2 Å². The van der Waals surface area contributed by atoms with Gasteiger partial charge in [0.25, 0.3) is 0 Å². The molecule has 31 heavy (non-hydrogen) atoms. The molecule has 2 N–H and O–H groups in total. The number of carbonyl (C=O) groups is 1. The predicted octanol–water partition coefficient (Wildman–Crippen LogP) is 3.71. The van der Waals surface area contributed by atoms with Gasteiger partial charge in [-0.1, -0.05) is 0 Å². The highest BCUT2D eigenvalue weighted by Gasteiger charge is 2.32. The highest BCUT2D eigenvalue weighted by molar-refractivity contribution is 5.99. The number of ether oxygens (including phenoxy) is 3. The molecule has 0 unspecified atom stereocenters. The minimum absolute atomic E-state index is 0.112. The van der Waals surface area contributed by atoms with E-state index in [9.17, 15) is 18.0 Å². The lowest BCUT2D eigenvalue weighted by molar-refractivity contribution is -0.137. The second kappa shape index (κ2) is 8.54. The maximum absolute atomic E-state index is 13.3. The number of hydrogen-bond donors (Lipinski definition) is 2. The molecule has 0 saturated carbocycles. The molecule has 0 spiro atoms. The third-order valence-corrected chi connectivity index (χ3v) is 5.08. The number of halogens is 3. The number of carbonyl (C=O) groups excluding carboxylic acids is 1. The van der Waals surface area contributed by atoms with Crippen molar-refractivity contribution in [3.63, 3.8) is 0 Å². The van der Waals surface area contributed by atoms with Gasteiger partial charge in [-0.15, -0.1) is 0 Å². The summed E-state index contributed by atoms with van der Waals surface area (Å²) in [5.41, 5.74) is 0.446. The maximum atomic E-state index is 13.3. The zero-order valence-electron chi connectivity index (χ0n) is 16.8. The Morgan fingerprint density at radius 2 is 1.81 bits per heavy atom. The number of morpholine rings is 1. The Hall–Kier alpha value is -3.14. The zero-order valence-corrected chi connectivity index (χ0v) is 16.8. The third-order valence-electron chi connectivity index (χ3n) is 5.08. The zero-order chi connectivity index (χ0) is 22.0. The SMILES string of the molecule is C[C@H](Nc1ccc2c(c1)OCO2)C(=O)Nc1cc(C(F)(F)F)ccc1N1CCOCC1. The lowest BCUT2D eigenvalue weighted by Gasteiger charge is -2.31. The fourth-order valence-electron chi connectivity index (χ4n) is 3.44. The van der Waals surface area contributed by atoms with Crippen LogP contribution in [-0.4, -0.2) is 45.0 Å². The van der Waals surface area contributed by atoms with Crippen molar-refractivity contribution in [2.75, 3.05) is 48.6 Å². The highest BCUT2D eigenvalue weighted by atomic mass is 19.4. The van der Waals surface area contributed by atoms with E-state index in [0.29, 0.717) is 49.2 Å². The molecule has 2 aliphatic rings. The van der Waals surface area contributed by atoms with Crippen LogP contribution in [0.1, 0.15) is 12.5 Å². The standard InChI is InChI=1S/C21H22F3N3O4/c1-13(25-15-3-5-18-19(11-15)31-12-30-18)20(28)26-16-10-14(21(22,23)24)2-4-17(16)27-6-8-29-9-7-27/h2-5,10-11,13,25H,6-9,12H2,1H3,(H,26,28)/t13-/m0/s1. The highest BCUT2D eigenvalue weighted by Crippen LogP contribution is 2.36. The number of amides is 1. The molecule has 1 amide bonds. The first kappa shape index (κ1) is 21.1. The summed E-state index contributed by atoms with van der Waals surface area (Å²) in [6.45, 7) is 3.75. The first-order valence-corrected chi connectivity index (χ1v) is 9.82. The maximum Gasteiger partial charge on any atom is 0.416 e. The van der Waals surface area contributed by atoms with E-state index in [4.69, 9.17) is 14.2 Å². The number of fused-ring (bicyclic) bond motifs is 1. The number of benzene rings is 2. The van der Waals surface area contributed by atoms with Gasteiger partial charge in [0.15, 0.2) is 11.5 Å². The van der Waals surface area contributed by atoms with Crippen molar-refractivity contribution >= 4 is 23.0 Å². The molecule has 0 bridgehead atoms. The number of rotatable bonds is 5. The number of nitrogens with one attached hydrogen (secondary N) is 2. The fraction of sp³-hybridized carbons (Fsp3) is 0.381. The summed E-state index contributed by atoms with van der Waals surface area (Å²) in [6, 6.07) is 7.83. The van der Waals surface area contributed by atoms with Crippen LogP contribution in [0.15, 0.2) is 36.4 Å². The van der Waals surface area contributed by atoms with E-state index in [0.717, 1.165) is 12.1 Å². The van der Waals surface area contributed by atoms with Gasteiger partial charge in [0.1, 0.15) is 6.04 Å². The predicted molar refractivity (Wildman–Crippen MR) is 109 cm³/mol. The summed E-state index contributed by atoms with van der Waals surface area (Å²) in [6.07, 6.45) is -4.51. The van der Waals surface area contributed by atoms with E-state index in [1.54, 1.807) is 25.1 Å². The molecule has 2 aromatic rings. The van der Waals surface area contributed by atoms with E-state index in [-0.39, 0.29) is 12.5 Å². The summed E-state index contributed by atoms with van der Waals surface area (Å²) in [5.74, 6) is 0.707. The monoisotopic (exact) mass is 437 g/mol. The number of hydrogen-bond acceptors (Lipinski definition) is 6. The average molecular weight is 437 g/mol. The summed E-state index contributed by atoms with van der Waals surface area (Å²) in [5, 5.41) is 5.68.